The molecule has 0 saturated carbocycles. The third-order valence-electron chi connectivity index (χ3n) is 4.05. The Kier molecular flexibility index (Phi) is 6.52. The number of carbonyl (C=O) groups excluding carboxylic acids is 2. The summed E-state index contributed by atoms with van der Waals surface area (Å²) in [4.78, 5) is 27.5. The molecule has 0 radical (unpaired) electrons. The number of alkyl carbamates (subject to hydrolysis) is 1. The summed E-state index contributed by atoms with van der Waals surface area (Å²) in [6.45, 7) is 10.5. The lowest BCUT2D eigenvalue weighted by Crippen LogP contribution is -2.41. The van der Waals surface area contributed by atoms with Crippen LogP contribution >= 0.6 is 0 Å². The molecule has 0 saturated heterocycles. The molecule has 158 valence electrons. The number of hydrogen-bond donors (Lipinski definition) is 1. The predicted molar refractivity (Wildman–Crippen MR) is 108 cm³/mol. The maximum absolute atomic E-state index is 13.1. The van der Waals surface area contributed by atoms with Gasteiger partial charge in [-0.25, -0.2) is 22.2 Å². The van der Waals surface area contributed by atoms with Crippen LogP contribution in [-0.4, -0.2) is 41.4 Å². The minimum Gasteiger partial charge on any atom is -0.444 e. The summed E-state index contributed by atoms with van der Waals surface area (Å²) in [6.07, 6.45) is 2.41. The number of benzene rings is 1. The molecule has 8 nitrogen and oxygen atoms in total. The standard InChI is InChI=1S/C20H27N3O5S/c1-13-7-14(2)18(15(3)8-13)29(26,27)23-10-16(21-12-23)9-17(11-24)22-19(25)28-20(4,5)6/h7-8,10-12,17H,9H2,1-6H3,(H,22,25). The fourth-order valence-electron chi connectivity index (χ4n) is 3.08. The summed E-state index contributed by atoms with van der Waals surface area (Å²) < 4.78 is 32.3. The first-order valence-corrected chi connectivity index (χ1v) is 10.6. The van der Waals surface area contributed by atoms with E-state index in [9.17, 15) is 18.0 Å². The SMILES string of the molecule is Cc1cc(C)c(S(=O)(=O)n2cnc(CC(C=O)NC(=O)OC(C)(C)C)c2)c(C)c1. The molecule has 9 heteroatoms. The third kappa shape index (κ3) is 5.66. The van der Waals surface area contributed by atoms with Gasteiger partial charge in [-0.15, -0.1) is 0 Å². The molecular weight excluding hydrogens is 394 g/mol. The Morgan fingerprint density at radius 3 is 2.34 bits per heavy atom. The van der Waals surface area contributed by atoms with Crippen LogP contribution in [0.2, 0.25) is 0 Å². The number of aromatic nitrogens is 2. The predicted octanol–water partition coefficient (Wildman–Crippen LogP) is 2.68. The molecule has 2 rings (SSSR count). The van der Waals surface area contributed by atoms with Crippen LogP contribution in [0.3, 0.4) is 0 Å². The molecule has 0 fully saturated rings. The van der Waals surface area contributed by atoms with Gasteiger partial charge in [-0.2, -0.15) is 0 Å². The number of aldehydes is 1. The van der Waals surface area contributed by atoms with E-state index in [1.807, 2.05) is 19.1 Å². The number of amides is 1. The zero-order chi connectivity index (χ0) is 22.0. The van der Waals surface area contributed by atoms with E-state index in [1.54, 1.807) is 34.6 Å². The van der Waals surface area contributed by atoms with Crippen LogP contribution in [0.15, 0.2) is 29.6 Å². The molecule has 0 aliphatic rings. The number of rotatable bonds is 6. The van der Waals surface area contributed by atoms with Crippen LogP contribution in [-0.2, 0) is 26.0 Å². The second-order valence-corrected chi connectivity index (χ2v) is 9.80. The second kappa shape index (κ2) is 8.36. The van der Waals surface area contributed by atoms with Gasteiger partial charge in [-0.1, -0.05) is 17.7 Å². The van der Waals surface area contributed by atoms with E-state index in [4.69, 9.17) is 4.74 Å². The second-order valence-electron chi connectivity index (χ2n) is 8.02. The molecule has 1 atom stereocenters. The van der Waals surface area contributed by atoms with Crippen molar-refractivity contribution < 1.29 is 22.7 Å². The summed E-state index contributed by atoms with van der Waals surface area (Å²) in [5.41, 5.74) is 1.93. The van der Waals surface area contributed by atoms with Crippen LogP contribution in [0.1, 0.15) is 43.2 Å². The first-order valence-electron chi connectivity index (χ1n) is 9.14. The highest BCUT2D eigenvalue weighted by Gasteiger charge is 2.24. The first kappa shape index (κ1) is 22.6. The van der Waals surface area contributed by atoms with E-state index in [-0.39, 0.29) is 11.3 Å². The van der Waals surface area contributed by atoms with Gasteiger partial charge in [0.25, 0.3) is 10.0 Å². The van der Waals surface area contributed by atoms with Gasteiger partial charge in [0.05, 0.1) is 16.6 Å². The lowest BCUT2D eigenvalue weighted by atomic mass is 10.1. The first-order chi connectivity index (χ1) is 13.3. The Hall–Kier alpha value is -2.68. The topological polar surface area (TPSA) is 107 Å². The number of aryl methyl sites for hydroxylation is 3. The Labute approximate surface area is 171 Å². The number of imidazole rings is 1. The molecule has 1 unspecified atom stereocenters. The zero-order valence-electron chi connectivity index (χ0n) is 17.5. The smallest absolute Gasteiger partial charge is 0.408 e. The van der Waals surface area contributed by atoms with Crippen molar-refractivity contribution in [3.05, 3.63) is 47.0 Å². The molecule has 2 aromatic rings. The van der Waals surface area contributed by atoms with Gasteiger partial charge < -0.3 is 14.8 Å². The van der Waals surface area contributed by atoms with Crippen LogP contribution in [0.25, 0.3) is 0 Å². The molecule has 1 aromatic carbocycles. The van der Waals surface area contributed by atoms with E-state index in [0.717, 1.165) is 9.54 Å². The van der Waals surface area contributed by atoms with Crippen molar-refractivity contribution in [1.82, 2.24) is 14.3 Å². The minimum absolute atomic E-state index is 0.0388. The van der Waals surface area contributed by atoms with E-state index >= 15 is 0 Å². The fraction of sp³-hybridized carbons (Fsp3) is 0.450. The zero-order valence-corrected chi connectivity index (χ0v) is 18.3. The number of hydrogen-bond acceptors (Lipinski definition) is 6. The Morgan fingerprint density at radius 2 is 1.83 bits per heavy atom. The number of ether oxygens (including phenoxy) is 1. The van der Waals surface area contributed by atoms with Crippen molar-refractivity contribution in [1.29, 1.82) is 0 Å². The quantitative estimate of drug-likeness (QED) is 0.719. The highest BCUT2D eigenvalue weighted by Crippen LogP contribution is 2.24. The largest absolute Gasteiger partial charge is 0.444 e. The Balaban J connectivity index is 2.22. The van der Waals surface area contributed by atoms with Crippen molar-refractivity contribution >= 4 is 22.4 Å². The third-order valence-corrected chi connectivity index (χ3v) is 5.96. The van der Waals surface area contributed by atoms with Gasteiger partial charge in [-0.05, 0) is 52.7 Å². The van der Waals surface area contributed by atoms with Crippen molar-refractivity contribution in [3.63, 3.8) is 0 Å². The summed E-state index contributed by atoms with van der Waals surface area (Å²) in [7, 11) is -3.83. The Morgan fingerprint density at radius 1 is 1.24 bits per heavy atom. The van der Waals surface area contributed by atoms with Gasteiger partial charge in [0.1, 0.15) is 18.2 Å². The van der Waals surface area contributed by atoms with E-state index in [0.29, 0.717) is 23.1 Å². The van der Waals surface area contributed by atoms with Crippen LogP contribution in [0.4, 0.5) is 4.79 Å². The summed E-state index contributed by atoms with van der Waals surface area (Å²) >= 11 is 0. The summed E-state index contributed by atoms with van der Waals surface area (Å²) in [5, 5.41) is 2.45. The van der Waals surface area contributed by atoms with Gasteiger partial charge in [-0.3, -0.25) is 0 Å². The average Bonchev–Trinajstić information content (AvgIpc) is 3.00. The number of nitrogens with zero attached hydrogens (tertiary/aromatic N) is 2. The van der Waals surface area contributed by atoms with Gasteiger partial charge >= 0.3 is 6.09 Å². The number of carbonyl (C=O) groups is 2. The maximum Gasteiger partial charge on any atom is 0.408 e. The number of nitrogens with one attached hydrogen (secondary N) is 1. The monoisotopic (exact) mass is 421 g/mol. The molecule has 0 aliphatic carbocycles. The fourth-order valence-corrected chi connectivity index (χ4v) is 4.65. The highest BCUT2D eigenvalue weighted by molar-refractivity contribution is 7.90. The lowest BCUT2D eigenvalue weighted by Gasteiger charge is -2.21. The average molecular weight is 422 g/mol. The molecular formula is C20H27N3O5S. The minimum atomic E-state index is -3.83. The van der Waals surface area contributed by atoms with Crippen molar-refractivity contribution in [3.8, 4) is 0 Å². The van der Waals surface area contributed by atoms with Gasteiger partial charge in [0.15, 0.2) is 0 Å². The molecule has 0 bridgehead atoms. The van der Waals surface area contributed by atoms with Crippen molar-refractivity contribution in [2.75, 3.05) is 0 Å². The van der Waals surface area contributed by atoms with E-state index < -0.39 is 27.8 Å². The van der Waals surface area contributed by atoms with E-state index in [1.165, 1.54) is 12.5 Å². The van der Waals surface area contributed by atoms with Crippen LogP contribution in [0, 0.1) is 20.8 Å². The van der Waals surface area contributed by atoms with Gasteiger partial charge in [0.2, 0.25) is 0 Å². The Bertz CT molecular complexity index is 996. The van der Waals surface area contributed by atoms with Gasteiger partial charge in [0, 0.05) is 12.6 Å². The van der Waals surface area contributed by atoms with Crippen LogP contribution in [0.5, 0.6) is 0 Å². The molecule has 0 spiro atoms. The summed E-state index contributed by atoms with van der Waals surface area (Å²) in [6, 6.07) is 2.73. The van der Waals surface area contributed by atoms with Crippen molar-refractivity contribution in [2.45, 2.75) is 64.5 Å². The van der Waals surface area contributed by atoms with Crippen molar-refractivity contribution in [2.24, 2.45) is 0 Å². The molecule has 1 amide bonds. The molecule has 0 aliphatic heterocycles. The van der Waals surface area contributed by atoms with E-state index in [2.05, 4.69) is 10.3 Å². The van der Waals surface area contributed by atoms with Crippen LogP contribution < -0.4 is 5.32 Å². The maximum atomic E-state index is 13.1. The molecule has 29 heavy (non-hydrogen) atoms. The molecule has 1 N–H and O–H groups in total. The molecule has 1 aromatic heterocycles. The lowest BCUT2D eigenvalue weighted by molar-refractivity contribution is -0.109. The normalized spacial score (nSPS) is 13.0. The summed E-state index contributed by atoms with van der Waals surface area (Å²) in [5.74, 6) is 0. The highest BCUT2D eigenvalue weighted by atomic mass is 32.2. The molecule has 1 heterocycles.